The highest BCUT2D eigenvalue weighted by atomic mass is 16.1. The lowest BCUT2D eigenvalue weighted by atomic mass is 9.95. The molecule has 3 N–H and O–H groups in total. The van der Waals surface area contributed by atoms with Crippen LogP contribution in [0.3, 0.4) is 0 Å². The molecule has 1 unspecified atom stereocenters. The Hall–Kier alpha value is -0.610. The summed E-state index contributed by atoms with van der Waals surface area (Å²) in [6.45, 7) is 5.62. The maximum Gasteiger partial charge on any atom is 0.220 e. The van der Waals surface area contributed by atoms with E-state index in [0.717, 1.165) is 38.4 Å². The second-order valence-corrected chi connectivity index (χ2v) is 4.84. The van der Waals surface area contributed by atoms with E-state index in [1.807, 2.05) is 0 Å². The van der Waals surface area contributed by atoms with Crippen molar-refractivity contribution in [1.82, 2.24) is 10.2 Å². The van der Waals surface area contributed by atoms with Crippen LogP contribution in [0.5, 0.6) is 0 Å². The summed E-state index contributed by atoms with van der Waals surface area (Å²) in [5, 5.41) is 3.39. The van der Waals surface area contributed by atoms with Crippen LogP contribution in [0.2, 0.25) is 0 Å². The lowest BCUT2D eigenvalue weighted by molar-refractivity contribution is -0.123. The van der Waals surface area contributed by atoms with Gasteiger partial charge in [-0.1, -0.05) is 0 Å². The first kappa shape index (κ1) is 10.9. The Labute approximate surface area is 91.2 Å². The number of piperidine rings is 1. The van der Waals surface area contributed by atoms with E-state index in [9.17, 15) is 4.79 Å². The van der Waals surface area contributed by atoms with Crippen molar-refractivity contribution in [2.45, 2.75) is 19.3 Å². The van der Waals surface area contributed by atoms with Gasteiger partial charge in [0, 0.05) is 12.5 Å². The van der Waals surface area contributed by atoms with Gasteiger partial charge in [-0.05, 0) is 51.4 Å². The lowest BCUT2D eigenvalue weighted by Gasteiger charge is -2.32. The zero-order chi connectivity index (χ0) is 10.7. The molecule has 0 aromatic heterocycles. The van der Waals surface area contributed by atoms with Crippen molar-refractivity contribution < 1.29 is 4.79 Å². The zero-order valence-corrected chi connectivity index (χ0v) is 9.24. The first-order valence-electron chi connectivity index (χ1n) is 5.98. The number of nitrogens with two attached hydrogens (primary N) is 1. The van der Waals surface area contributed by atoms with E-state index < -0.39 is 0 Å². The molecule has 0 aromatic rings. The molecule has 2 rings (SSSR count). The van der Waals surface area contributed by atoms with Gasteiger partial charge in [-0.25, -0.2) is 0 Å². The molecule has 2 fully saturated rings. The minimum atomic E-state index is -0.114. The number of nitrogens with one attached hydrogen (secondary N) is 1. The molecule has 2 saturated heterocycles. The van der Waals surface area contributed by atoms with Gasteiger partial charge in [0.25, 0.3) is 0 Å². The molecular formula is C11H21N3O. The van der Waals surface area contributed by atoms with Crippen LogP contribution in [-0.2, 0) is 4.79 Å². The first-order chi connectivity index (χ1) is 7.25. The van der Waals surface area contributed by atoms with E-state index in [4.69, 9.17) is 5.73 Å². The zero-order valence-electron chi connectivity index (χ0n) is 9.24. The number of hydrogen-bond acceptors (Lipinski definition) is 3. The average Bonchev–Trinajstić information content (AvgIpc) is 2.71. The molecule has 15 heavy (non-hydrogen) atoms. The van der Waals surface area contributed by atoms with Crippen LogP contribution < -0.4 is 11.1 Å². The average molecular weight is 211 g/mol. The molecule has 0 radical (unpaired) electrons. The molecule has 0 spiro atoms. The molecule has 2 heterocycles. The third-order valence-corrected chi connectivity index (χ3v) is 3.67. The van der Waals surface area contributed by atoms with E-state index in [1.54, 1.807) is 0 Å². The molecule has 86 valence electrons. The second-order valence-electron chi connectivity index (χ2n) is 4.84. The van der Waals surface area contributed by atoms with Crippen molar-refractivity contribution >= 4 is 5.91 Å². The van der Waals surface area contributed by atoms with Gasteiger partial charge < -0.3 is 16.0 Å². The minimum absolute atomic E-state index is 0.114. The van der Waals surface area contributed by atoms with Crippen LogP contribution in [-0.4, -0.2) is 43.5 Å². The van der Waals surface area contributed by atoms with Crippen LogP contribution in [0.15, 0.2) is 0 Å². The molecule has 0 aromatic carbocycles. The Morgan fingerprint density at radius 2 is 2.07 bits per heavy atom. The number of likely N-dealkylation sites (tertiary alicyclic amines) is 1. The number of hydrogen-bond donors (Lipinski definition) is 2. The Kier molecular flexibility index (Phi) is 3.59. The summed E-state index contributed by atoms with van der Waals surface area (Å²) in [6, 6.07) is 0. The minimum Gasteiger partial charge on any atom is -0.369 e. The quantitative estimate of drug-likeness (QED) is 0.679. The largest absolute Gasteiger partial charge is 0.369 e. The fourth-order valence-electron chi connectivity index (χ4n) is 2.64. The van der Waals surface area contributed by atoms with Crippen LogP contribution in [0.4, 0.5) is 0 Å². The van der Waals surface area contributed by atoms with Crippen molar-refractivity contribution in [3.8, 4) is 0 Å². The lowest BCUT2D eigenvalue weighted by Crippen LogP contribution is -2.40. The highest BCUT2D eigenvalue weighted by molar-refractivity contribution is 5.76. The predicted molar refractivity (Wildman–Crippen MR) is 59.3 cm³/mol. The summed E-state index contributed by atoms with van der Waals surface area (Å²) in [4.78, 5) is 13.5. The summed E-state index contributed by atoms with van der Waals surface area (Å²) < 4.78 is 0. The van der Waals surface area contributed by atoms with E-state index in [-0.39, 0.29) is 11.8 Å². The van der Waals surface area contributed by atoms with E-state index >= 15 is 0 Å². The fraction of sp³-hybridized carbons (Fsp3) is 0.909. The summed E-state index contributed by atoms with van der Waals surface area (Å²) >= 11 is 0. The Morgan fingerprint density at radius 3 is 2.60 bits per heavy atom. The maximum absolute atomic E-state index is 11.0. The predicted octanol–water partition coefficient (Wildman–Crippen LogP) is -0.207. The van der Waals surface area contributed by atoms with Gasteiger partial charge >= 0.3 is 0 Å². The van der Waals surface area contributed by atoms with Crippen LogP contribution >= 0.6 is 0 Å². The van der Waals surface area contributed by atoms with E-state index in [1.165, 1.54) is 19.5 Å². The molecule has 1 atom stereocenters. The van der Waals surface area contributed by atoms with Crippen LogP contribution in [0, 0.1) is 11.8 Å². The summed E-state index contributed by atoms with van der Waals surface area (Å²) in [7, 11) is 0. The standard InChI is InChI=1S/C11H21N3O/c12-11(15)10-2-5-14(6-3-10)8-9-1-4-13-7-9/h9-10,13H,1-8H2,(H2,12,15). The van der Waals surface area contributed by atoms with Crippen molar-refractivity contribution in [3.63, 3.8) is 0 Å². The summed E-state index contributed by atoms with van der Waals surface area (Å²) in [6.07, 6.45) is 3.21. The topological polar surface area (TPSA) is 58.4 Å². The second kappa shape index (κ2) is 4.94. The maximum atomic E-state index is 11.0. The first-order valence-corrected chi connectivity index (χ1v) is 5.98. The molecule has 2 aliphatic heterocycles. The number of carbonyl (C=O) groups is 1. The smallest absolute Gasteiger partial charge is 0.220 e. The highest BCUT2D eigenvalue weighted by Gasteiger charge is 2.25. The van der Waals surface area contributed by atoms with Gasteiger partial charge in [0.1, 0.15) is 0 Å². The summed E-state index contributed by atoms with van der Waals surface area (Å²) in [5.41, 5.74) is 5.31. The summed E-state index contributed by atoms with van der Waals surface area (Å²) in [5.74, 6) is 0.829. The number of primary amides is 1. The molecular weight excluding hydrogens is 190 g/mol. The number of nitrogens with zero attached hydrogens (tertiary/aromatic N) is 1. The monoisotopic (exact) mass is 211 g/mol. The molecule has 0 aliphatic carbocycles. The third kappa shape index (κ3) is 2.92. The van der Waals surface area contributed by atoms with E-state index in [0.29, 0.717) is 0 Å². The molecule has 2 aliphatic rings. The van der Waals surface area contributed by atoms with E-state index in [2.05, 4.69) is 10.2 Å². The van der Waals surface area contributed by atoms with Gasteiger partial charge in [0.2, 0.25) is 5.91 Å². The molecule has 4 nitrogen and oxygen atoms in total. The molecule has 0 bridgehead atoms. The number of amides is 1. The van der Waals surface area contributed by atoms with Gasteiger partial charge in [0.05, 0.1) is 0 Å². The molecule has 0 saturated carbocycles. The van der Waals surface area contributed by atoms with Crippen molar-refractivity contribution in [1.29, 1.82) is 0 Å². The molecule has 4 heteroatoms. The normalized spacial score (nSPS) is 29.5. The van der Waals surface area contributed by atoms with Crippen LogP contribution in [0.1, 0.15) is 19.3 Å². The van der Waals surface area contributed by atoms with Crippen molar-refractivity contribution in [3.05, 3.63) is 0 Å². The third-order valence-electron chi connectivity index (χ3n) is 3.67. The Morgan fingerprint density at radius 1 is 1.33 bits per heavy atom. The van der Waals surface area contributed by atoms with Crippen molar-refractivity contribution in [2.75, 3.05) is 32.7 Å². The van der Waals surface area contributed by atoms with Crippen LogP contribution in [0.25, 0.3) is 0 Å². The van der Waals surface area contributed by atoms with Gasteiger partial charge in [-0.2, -0.15) is 0 Å². The van der Waals surface area contributed by atoms with Gasteiger partial charge in [-0.3, -0.25) is 4.79 Å². The van der Waals surface area contributed by atoms with Gasteiger partial charge in [-0.15, -0.1) is 0 Å². The molecule has 1 amide bonds. The Bertz CT molecular complexity index is 218. The highest BCUT2D eigenvalue weighted by Crippen LogP contribution is 2.19. The fourth-order valence-corrected chi connectivity index (χ4v) is 2.64. The number of carbonyl (C=O) groups excluding carboxylic acids is 1. The van der Waals surface area contributed by atoms with Gasteiger partial charge in [0.15, 0.2) is 0 Å². The van der Waals surface area contributed by atoms with Crippen molar-refractivity contribution in [2.24, 2.45) is 17.6 Å². The number of rotatable bonds is 3. The Balaban J connectivity index is 1.71. The SMILES string of the molecule is NC(=O)C1CCN(CC2CCNC2)CC1.